The first-order chi connectivity index (χ1) is 15.5. The number of amides is 1. The Kier molecular flexibility index (Phi) is 7.15. The topological polar surface area (TPSA) is 73.2 Å². The zero-order chi connectivity index (χ0) is 22.5. The van der Waals surface area contributed by atoms with E-state index in [1.807, 2.05) is 18.2 Å². The van der Waals surface area contributed by atoms with Crippen molar-refractivity contribution in [3.63, 3.8) is 0 Å². The van der Waals surface area contributed by atoms with Crippen LogP contribution in [0.25, 0.3) is 5.69 Å². The molecule has 10 heteroatoms. The number of methoxy groups -OCH3 is 1. The first-order valence-corrected chi connectivity index (χ1v) is 12.5. The number of benzene rings is 2. The number of ether oxygens (including phenoxy) is 1. The van der Waals surface area contributed by atoms with Gasteiger partial charge in [0.25, 0.3) is 5.91 Å². The van der Waals surface area contributed by atoms with Gasteiger partial charge in [-0.3, -0.25) is 4.79 Å². The van der Waals surface area contributed by atoms with Gasteiger partial charge in [-0.25, -0.2) is 9.48 Å². The molecule has 0 saturated carbocycles. The molecule has 0 aliphatic rings. The quantitative estimate of drug-likeness (QED) is 0.189. The maximum absolute atomic E-state index is 12.6. The van der Waals surface area contributed by atoms with E-state index in [2.05, 4.69) is 22.5 Å². The van der Waals surface area contributed by atoms with Gasteiger partial charge in [0.15, 0.2) is 8.29 Å². The van der Waals surface area contributed by atoms with Crippen LogP contribution in [0.3, 0.4) is 0 Å². The van der Waals surface area contributed by atoms with Gasteiger partial charge in [-0.1, -0.05) is 53.4 Å². The summed E-state index contributed by atoms with van der Waals surface area (Å²) >= 11 is 9.79. The molecule has 0 bridgehead atoms. The minimum absolute atomic E-state index is 0.318. The van der Waals surface area contributed by atoms with Gasteiger partial charge in [-0.15, -0.1) is 16.4 Å². The van der Waals surface area contributed by atoms with Crippen LogP contribution in [0.15, 0.2) is 70.4 Å². The normalized spacial score (nSPS) is 10.7. The number of carbonyl (C=O) groups excluding carboxylic acids is 2. The largest absolute Gasteiger partial charge is 0.465 e. The third-order valence-corrected chi connectivity index (χ3v) is 7.72. The van der Waals surface area contributed by atoms with Crippen LogP contribution in [0.1, 0.15) is 25.6 Å². The number of nitrogens with zero attached hydrogens (tertiary/aromatic N) is 2. The fourth-order valence-corrected chi connectivity index (χ4v) is 5.89. The Balaban J connectivity index is 1.45. The molecule has 2 aromatic heterocycles. The molecule has 32 heavy (non-hydrogen) atoms. The molecule has 0 aliphatic heterocycles. The van der Waals surface area contributed by atoms with Gasteiger partial charge in [-0.05, 0) is 53.5 Å². The summed E-state index contributed by atoms with van der Waals surface area (Å²) in [6.45, 7) is 0. The van der Waals surface area contributed by atoms with Gasteiger partial charge in [0.2, 0.25) is 0 Å². The number of esters is 1. The molecule has 1 amide bonds. The van der Waals surface area contributed by atoms with Crippen molar-refractivity contribution in [2.45, 2.75) is 10.1 Å². The predicted octanol–water partition coefficient (Wildman–Crippen LogP) is 6.06. The van der Waals surface area contributed by atoms with E-state index >= 15 is 0 Å². The fraction of sp³-hybridized carbons (Fsp3) is 0.0909. The molecule has 0 atom stereocenters. The van der Waals surface area contributed by atoms with Crippen LogP contribution in [0.2, 0.25) is 0 Å². The number of anilines is 1. The molecular formula is C22H17N3O3S4. The number of carbonyl (C=O) groups is 2. The van der Waals surface area contributed by atoms with E-state index in [1.54, 1.807) is 52.2 Å². The van der Waals surface area contributed by atoms with Crippen molar-refractivity contribution in [3.8, 4) is 5.69 Å². The summed E-state index contributed by atoms with van der Waals surface area (Å²) in [6.07, 6.45) is 0. The van der Waals surface area contributed by atoms with Gasteiger partial charge in [-0.2, -0.15) is 0 Å². The second kappa shape index (κ2) is 10.2. The Morgan fingerprint density at radius 3 is 2.59 bits per heavy atom. The first-order valence-electron chi connectivity index (χ1n) is 9.39. The molecule has 1 N–H and O–H groups in total. The Morgan fingerprint density at radius 1 is 1.12 bits per heavy atom. The summed E-state index contributed by atoms with van der Waals surface area (Å²) in [5, 5.41) is 9.09. The van der Waals surface area contributed by atoms with E-state index in [4.69, 9.17) is 17.0 Å². The molecule has 162 valence electrons. The van der Waals surface area contributed by atoms with Crippen LogP contribution in [-0.2, 0) is 10.5 Å². The van der Waals surface area contributed by atoms with Crippen LogP contribution in [0, 0.1) is 3.95 Å². The Labute approximate surface area is 201 Å². The summed E-state index contributed by atoms with van der Waals surface area (Å²) in [5.41, 5.74) is 2.88. The summed E-state index contributed by atoms with van der Waals surface area (Å²) < 4.78 is 7.96. The van der Waals surface area contributed by atoms with E-state index in [0.29, 0.717) is 20.1 Å². The second-order valence-corrected chi connectivity index (χ2v) is 10.2. The minimum Gasteiger partial charge on any atom is -0.465 e. The average Bonchev–Trinajstić information content (AvgIpc) is 3.44. The standard InChI is InChI=1S/C22H17N3O3S4/c1-28-20(27)18-17(11-12-30-18)23-19(26)15-7-9-16(10-8-15)25-22(29)32-21(24-25)31-13-14-5-3-2-4-6-14/h2-12H,13H2,1H3,(H,23,26). The monoisotopic (exact) mass is 499 g/mol. The van der Waals surface area contributed by atoms with Gasteiger partial charge in [0, 0.05) is 11.3 Å². The Bertz CT molecular complexity index is 1290. The Hall–Kier alpha value is -2.79. The van der Waals surface area contributed by atoms with Crippen LogP contribution < -0.4 is 5.32 Å². The van der Waals surface area contributed by atoms with Crippen molar-refractivity contribution in [1.82, 2.24) is 9.78 Å². The number of hydrogen-bond acceptors (Lipinski definition) is 8. The number of nitrogens with one attached hydrogen (secondary N) is 1. The highest BCUT2D eigenvalue weighted by Crippen LogP contribution is 2.27. The average molecular weight is 500 g/mol. The van der Waals surface area contributed by atoms with Gasteiger partial charge < -0.3 is 10.1 Å². The summed E-state index contributed by atoms with van der Waals surface area (Å²) in [5.74, 6) is 0.0174. The Morgan fingerprint density at radius 2 is 1.88 bits per heavy atom. The van der Waals surface area contributed by atoms with Crippen molar-refractivity contribution in [2.24, 2.45) is 0 Å². The third-order valence-electron chi connectivity index (χ3n) is 4.39. The molecular weight excluding hydrogens is 483 g/mol. The molecule has 0 unspecified atom stereocenters. The molecule has 4 aromatic rings. The molecule has 0 spiro atoms. The molecule has 0 fully saturated rings. The SMILES string of the molecule is COC(=O)c1sccc1NC(=O)c1ccc(-n2nc(SCc3ccccc3)sc2=S)cc1. The van der Waals surface area contributed by atoms with Crippen molar-refractivity contribution in [3.05, 3.63) is 86.0 Å². The van der Waals surface area contributed by atoms with Gasteiger partial charge >= 0.3 is 5.97 Å². The molecule has 0 saturated heterocycles. The van der Waals surface area contributed by atoms with Gasteiger partial charge in [0.05, 0.1) is 18.5 Å². The maximum atomic E-state index is 12.6. The number of rotatable bonds is 7. The second-order valence-electron chi connectivity index (χ2n) is 6.48. The minimum atomic E-state index is -0.482. The highest BCUT2D eigenvalue weighted by molar-refractivity contribution is 8.00. The fourth-order valence-electron chi connectivity index (χ4n) is 2.81. The lowest BCUT2D eigenvalue weighted by molar-refractivity contribution is 0.0607. The van der Waals surface area contributed by atoms with Crippen molar-refractivity contribution in [2.75, 3.05) is 12.4 Å². The lowest BCUT2D eigenvalue weighted by Crippen LogP contribution is -2.14. The lowest BCUT2D eigenvalue weighted by Gasteiger charge is -2.07. The van der Waals surface area contributed by atoms with Crippen molar-refractivity contribution >= 4 is 64.2 Å². The van der Waals surface area contributed by atoms with Gasteiger partial charge in [0.1, 0.15) is 4.88 Å². The number of thiophene rings is 1. The summed E-state index contributed by atoms with van der Waals surface area (Å²) in [6, 6.07) is 18.9. The highest BCUT2D eigenvalue weighted by atomic mass is 32.2. The zero-order valence-electron chi connectivity index (χ0n) is 16.8. The molecule has 6 nitrogen and oxygen atoms in total. The highest BCUT2D eigenvalue weighted by Gasteiger charge is 2.16. The zero-order valence-corrected chi connectivity index (χ0v) is 20.1. The predicted molar refractivity (Wildman–Crippen MR) is 132 cm³/mol. The van der Waals surface area contributed by atoms with Crippen molar-refractivity contribution < 1.29 is 14.3 Å². The van der Waals surface area contributed by atoms with E-state index in [-0.39, 0.29) is 5.91 Å². The van der Waals surface area contributed by atoms with Crippen molar-refractivity contribution in [1.29, 1.82) is 0 Å². The summed E-state index contributed by atoms with van der Waals surface area (Å²) in [7, 11) is 1.31. The molecule has 4 rings (SSSR count). The van der Waals surface area contributed by atoms with E-state index in [1.165, 1.54) is 35.3 Å². The molecule has 0 aliphatic carbocycles. The molecule has 2 heterocycles. The lowest BCUT2D eigenvalue weighted by atomic mass is 10.2. The van der Waals surface area contributed by atoms with E-state index in [9.17, 15) is 9.59 Å². The van der Waals surface area contributed by atoms with Crippen LogP contribution in [0.4, 0.5) is 5.69 Å². The third kappa shape index (κ3) is 5.16. The maximum Gasteiger partial charge on any atom is 0.350 e. The van der Waals surface area contributed by atoms with E-state index in [0.717, 1.165) is 15.8 Å². The van der Waals surface area contributed by atoms with Crippen LogP contribution in [0.5, 0.6) is 0 Å². The number of aromatic nitrogens is 2. The van der Waals surface area contributed by atoms with E-state index < -0.39 is 5.97 Å². The van der Waals surface area contributed by atoms with Crippen LogP contribution >= 0.6 is 46.7 Å². The first kappa shape index (κ1) is 22.4. The molecule has 0 radical (unpaired) electrons. The molecule has 2 aromatic carbocycles. The number of thioether (sulfide) groups is 1. The number of hydrogen-bond donors (Lipinski definition) is 1. The van der Waals surface area contributed by atoms with Crippen LogP contribution in [-0.4, -0.2) is 28.8 Å². The summed E-state index contributed by atoms with van der Waals surface area (Å²) in [4.78, 5) is 24.8. The smallest absolute Gasteiger partial charge is 0.350 e.